The molecule has 2 aromatic heterocycles. The molecule has 1 fully saturated rings. The lowest BCUT2D eigenvalue weighted by molar-refractivity contribution is 0.0531. The van der Waals surface area contributed by atoms with Gasteiger partial charge in [-0.05, 0) is 45.5 Å². The molecule has 0 amide bonds. The van der Waals surface area contributed by atoms with Gasteiger partial charge in [0.05, 0.1) is 33.6 Å². The van der Waals surface area contributed by atoms with E-state index >= 15 is 0 Å². The Morgan fingerprint density at radius 1 is 1.00 bits per heavy atom. The number of thiazole rings is 1. The van der Waals surface area contributed by atoms with Gasteiger partial charge in [-0.2, -0.15) is 9.97 Å². The van der Waals surface area contributed by atoms with Gasteiger partial charge in [-0.3, -0.25) is 5.32 Å². The molecule has 3 aromatic rings. The summed E-state index contributed by atoms with van der Waals surface area (Å²) in [5, 5.41) is 7.19. The molecule has 1 aliphatic heterocycles. The van der Waals surface area contributed by atoms with E-state index in [0.717, 1.165) is 43.1 Å². The molecule has 0 radical (unpaired) electrons. The van der Waals surface area contributed by atoms with Gasteiger partial charge in [0.15, 0.2) is 16.6 Å². The van der Waals surface area contributed by atoms with E-state index in [1.807, 2.05) is 19.1 Å². The van der Waals surface area contributed by atoms with Gasteiger partial charge in [0.1, 0.15) is 16.5 Å². The molecule has 1 aromatic carbocycles. The van der Waals surface area contributed by atoms with Crippen molar-refractivity contribution in [2.45, 2.75) is 27.3 Å². The van der Waals surface area contributed by atoms with E-state index in [1.54, 1.807) is 35.2 Å². The van der Waals surface area contributed by atoms with Crippen LogP contribution in [0.1, 0.15) is 33.4 Å². The van der Waals surface area contributed by atoms with E-state index < -0.39 is 0 Å². The minimum absolute atomic E-state index is 0.301. The van der Waals surface area contributed by atoms with Gasteiger partial charge in [0, 0.05) is 38.3 Å². The normalized spacial score (nSPS) is 13.6. The fraction of sp³-hybridized carbons (Fsp3) is 0.481. The van der Waals surface area contributed by atoms with Crippen LogP contribution < -0.4 is 29.7 Å². The van der Waals surface area contributed by atoms with Crippen molar-refractivity contribution < 1.29 is 23.7 Å². The minimum Gasteiger partial charge on any atom is -0.493 e. The molecule has 0 unspecified atom stereocenters. The van der Waals surface area contributed by atoms with Crippen molar-refractivity contribution in [3.05, 3.63) is 33.8 Å². The van der Waals surface area contributed by atoms with Crippen LogP contribution in [0.25, 0.3) is 0 Å². The van der Waals surface area contributed by atoms with Gasteiger partial charge < -0.3 is 34.1 Å². The second-order valence-electron chi connectivity index (χ2n) is 9.30. The Bertz CT molecular complexity index is 1320. The molecule has 216 valence electrons. The molecule has 0 saturated carbocycles. The van der Waals surface area contributed by atoms with Crippen LogP contribution in [0.15, 0.2) is 12.1 Å². The van der Waals surface area contributed by atoms with Crippen LogP contribution in [0.5, 0.6) is 17.2 Å². The number of methoxy groups -OCH3 is 3. The first-order chi connectivity index (χ1) is 19.3. The third-order valence-corrected chi connectivity index (χ3v) is 7.64. The van der Waals surface area contributed by atoms with Gasteiger partial charge in [-0.15, -0.1) is 0 Å². The smallest absolute Gasteiger partial charge is 0.350 e. The molecular formula is C27H37N7O5S. The summed E-state index contributed by atoms with van der Waals surface area (Å²) in [5.74, 6) is 3.22. The third-order valence-electron chi connectivity index (χ3n) is 6.58. The lowest BCUT2D eigenvalue weighted by Gasteiger charge is -2.34. The Morgan fingerprint density at radius 3 is 2.27 bits per heavy atom. The first-order valence-electron chi connectivity index (χ1n) is 13.0. The molecule has 0 atom stereocenters. The van der Waals surface area contributed by atoms with Crippen molar-refractivity contribution in [3.8, 4) is 17.2 Å². The Balaban J connectivity index is 1.65. The first-order valence-corrected chi connectivity index (χ1v) is 13.9. The fourth-order valence-electron chi connectivity index (χ4n) is 4.41. The summed E-state index contributed by atoms with van der Waals surface area (Å²) in [4.78, 5) is 31.5. The van der Waals surface area contributed by atoms with Crippen molar-refractivity contribution in [3.63, 3.8) is 0 Å². The molecule has 13 heteroatoms. The van der Waals surface area contributed by atoms with Gasteiger partial charge in [-0.25, -0.2) is 9.78 Å². The van der Waals surface area contributed by atoms with E-state index in [1.165, 1.54) is 11.3 Å². The van der Waals surface area contributed by atoms with E-state index in [0.29, 0.717) is 57.9 Å². The van der Waals surface area contributed by atoms with Crippen LogP contribution in [0, 0.1) is 13.8 Å². The zero-order chi connectivity index (χ0) is 28.8. The predicted octanol–water partition coefficient (Wildman–Crippen LogP) is 3.86. The van der Waals surface area contributed by atoms with Crippen molar-refractivity contribution in [2.75, 3.05) is 76.7 Å². The number of anilines is 4. The number of esters is 1. The van der Waals surface area contributed by atoms with Gasteiger partial charge >= 0.3 is 5.97 Å². The molecule has 0 bridgehead atoms. The van der Waals surface area contributed by atoms with Crippen LogP contribution >= 0.6 is 11.3 Å². The number of nitrogens with one attached hydrogen (secondary N) is 2. The monoisotopic (exact) mass is 571 g/mol. The highest BCUT2D eigenvalue weighted by Crippen LogP contribution is 2.38. The highest BCUT2D eigenvalue weighted by Gasteiger charge is 2.22. The highest BCUT2D eigenvalue weighted by molar-refractivity contribution is 7.17. The molecular weight excluding hydrogens is 534 g/mol. The second kappa shape index (κ2) is 13.0. The van der Waals surface area contributed by atoms with Crippen LogP contribution in [-0.4, -0.2) is 87.0 Å². The Hall–Kier alpha value is -3.84. The van der Waals surface area contributed by atoms with Crippen LogP contribution in [0.2, 0.25) is 0 Å². The number of carbonyl (C=O) groups excluding carboxylic acids is 1. The lowest BCUT2D eigenvalue weighted by atomic mass is 10.1. The lowest BCUT2D eigenvalue weighted by Crippen LogP contribution is -2.45. The number of nitrogens with zero attached hydrogens (tertiary/aromatic N) is 5. The number of benzene rings is 1. The number of carbonyl (C=O) groups is 1. The summed E-state index contributed by atoms with van der Waals surface area (Å²) in [7, 11) is 6.89. The molecule has 12 nitrogen and oxygen atoms in total. The zero-order valence-corrected chi connectivity index (χ0v) is 24.9. The number of piperazine rings is 1. The number of hydrogen-bond donors (Lipinski definition) is 2. The molecule has 4 rings (SSSR count). The summed E-state index contributed by atoms with van der Waals surface area (Å²) < 4.78 is 21.6. The quantitative estimate of drug-likeness (QED) is 0.325. The molecule has 3 heterocycles. The zero-order valence-electron chi connectivity index (χ0n) is 24.1. The van der Waals surface area contributed by atoms with Crippen molar-refractivity contribution >= 4 is 40.0 Å². The number of hydrogen-bond acceptors (Lipinski definition) is 13. The summed E-state index contributed by atoms with van der Waals surface area (Å²) in [5.41, 5.74) is 2.46. The van der Waals surface area contributed by atoms with Gasteiger partial charge in [-0.1, -0.05) is 11.3 Å². The van der Waals surface area contributed by atoms with Gasteiger partial charge in [0.2, 0.25) is 11.7 Å². The van der Waals surface area contributed by atoms with Crippen LogP contribution in [-0.2, 0) is 11.3 Å². The largest absolute Gasteiger partial charge is 0.493 e. The fourth-order valence-corrected chi connectivity index (χ4v) is 5.27. The van der Waals surface area contributed by atoms with Crippen molar-refractivity contribution in [2.24, 2.45) is 0 Å². The summed E-state index contributed by atoms with van der Waals surface area (Å²) >= 11 is 1.22. The average Bonchev–Trinajstić information content (AvgIpc) is 3.32. The molecule has 40 heavy (non-hydrogen) atoms. The molecule has 2 N–H and O–H groups in total. The highest BCUT2D eigenvalue weighted by atomic mass is 32.1. The maximum Gasteiger partial charge on any atom is 0.350 e. The number of likely N-dealkylation sites (N-methyl/N-ethyl adjacent to an activating group) is 1. The summed E-state index contributed by atoms with van der Waals surface area (Å²) in [6.07, 6.45) is 0. The van der Waals surface area contributed by atoms with Crippen molar-refractivity contribution in [1.82, 2.24) is 19.9 Å². The summed E-state index contributed by atoms with van der Waals surface area (Å²) in [6, 6.07) is 3.81. The SMILES string of the molecule is CCOC(=O)c1sc(Nc2nc(NCc3cc(OC)c(OC)c(OC)c3)c(C)c(N3CCN(C)CC3)n2)nc1C. The van der Waals surface area contributed by atoms with E-state index in [2.05, 4.69) is 32.5 Å². The Kier molecular flexibility index (Phi) is 9.48. The average molecular weight is 572 g/mol. The van der Waals surface area contributed by atoms with E-state index in [4.69, 9.17) is 28.9 Å². The van der Waals surface area contributed by atoms with Crippen LogP contribution in [0.4, 0.5) is 22.7 Å². The van der Waals surface area contributed by atoms with E-state index in [9.17, 15) is 4.79 Å². The number of ether oxygens (including phenoxy) is 4. The molecule has 1 aliphatic rings. The number of rotatable bonds is 11. The standard InChI is InChI=1S/C27H37N7O5S/c1-8-39-25(35)22-17(3)29-27(40-22)32-26-30-23(16(2)24(31-26)34-11-9-33(4)10-12-34)28-15-18-13-19(36-5)21(38-7)20(14-18)37-6/h13-14H,8-12,15H2,1-7H3,(H2,28,29,30,31,32). The minimum atomic E-state index is -0.388. The Labute approximate surface area is 238 Å². The predicted molar refractivity (Wildman–Crippen MR) is 156 cm³/mol. The first kappa shape index (κ1) is 29.2. The Morgan fingerprint density at radius 2 is 1.68 bits per heavy atom. The van der Waals surface area contributed by atoms with Gasteiger partial charge in [0.25, 0.3) is 0 Å². The van der Waals surface area contributed by atoms with E-state index in [-0.39, 0.29) is 5.97 Å². The number of aromatic nitrogens is 3. The maximum absolute atomic E-state index is 12.3. The summed E-state index contributed by atoms with van der Waals surface area (Å²) in [6.45, 7) is 9.91. The molecule has 1 saturated heterocycles. The molecule has 0 aliphatic carbocycles. The second-order valence-corrected chi connectivity index (χ2v) is 10.3. The third kappa shape index (κ3) is 6.48. The van der Waals surface area contributed by atoms with Crippen molar-refractivity contribution in [1.29, 1.82) is 0 Å². The van der Waals surface area contributed by atoms with Crippen LogP contribution in [0.3, 0.4) is 0 Å². The number of aryl methyl sites for hydroxylation is 1. The topological polar surface area (TPSA) is 123 Å². The molecule has 0 spiro atoms. The maximum atomic E-state index is 12.3.